The van der Waals surface area contributed by atoms with Gasteiger partial charge in [0.25, 0.3) is 0 Å². The molecule has 1 unspecified atom stereocenters. The highest BCUT2D eigenvalue weighted by atomic mass is 32.2. The quantitative estimate of drug-likeness (QED) is 0.771. The molecule has 1 aromatic heterocycles. The number of fused-ring (bicyclic) bond motifs is 1. The second kappa shape index (κ2) is 6.94. The normalized spacial score (nSPS) is 23.8. The van der Waals surface area contributed by atoms with Crippen LogP contribution >= 0.6 is 0 Å². The number of amides is 1. The number of aromatic nitrogens is 2. The molecule has 158 valence electrons. The zero-order valence-electron chi connectivity index (χ0n) is 16.9. The summed E-state index contributed by atoms with van der Waals surface area (Å²) >= 11 is 0. The van der Waals surface area contributed by atoms with Crippen LogP contribution in [0.4, 0.5) is 17.5 Å². The number of nitrogens with one attached hydrogen (secondary N) is 2. The van der Waals surface area contributed by atoms with Crippen molar-refractivity contribution in [3.05, 3.63) is 36.0 Å². The number of rotatable bonds is 4. The summed E-state index contributed by atoms with van der Waals surface area (Å²) < 4.78 is 23.3. The summed E-state index contributed by atoms with van der Waals surface area (Å²) in [6.45, 7) is 0.696. The number of carbonyl (C=O) groups excluding carboxylic acids is 1. The monoisotopic (exact) mass is 427 g/mol. The summed E-state index contributed by atoms with van der Waals surface area (Å²) in [6, 6.07) is 6.86. The lowest BCUT2D eigenvalue weighted by molar-refractivity contribution is -0.123. The van der Waals surface area contributed by atoms with Crippen molar-refractivity contribution >= 4 is 33.2 Å². The summed E-state index contributed by atoms with van der Waals surface area (Å²) in [5.74, 6) is 1.39. The molecule has 2 fully saturated rings. The van der Waals surface area contributed by atoms with Crippen molar-refractivity contribution in [2.45, 2.75) is 55.0 Å². The number of carbonyl (C=O) groups is 1. The topological polar surface area (TPSA) is 104 Å². The average molecular weight is 428 g/mol. The Labute approximate surface area is 176 Å². The first-order chi connectivity index (χ1) is 14.4. The van der Waals surface area contributed by atoms with Crippen molar-refractivity contribution in [1.82, 2.24) is 15.3 Å². The molecule has 2 N–H and O–H groups in total. The first kappa shape index (κ1) is 19.3. The molecule has 1 aliphatic carbocycles. The molecule has 2 aromatic rings. The summed E-state index contributed by atoms with van der Waals surface area (Å²) in [6.07, 6.45) is 8.95. The van der Waals surface area contributed by atoms with Crippen LogP contribution < -0.4 is 15.5 Å². The van der Waals surface area contributed by atoms with Gasteiger partial charge in [-0.3, -0.25) is 4.79 Å². The van der Waals surface area contributed by atoms with Crippen LogP contribution in [0.15, 0.2) is 35.4 Å². The third-order valence-electron chi connectivity index (χ3n) is 6.49. The predicted molar refractivity (Wildman–Crippen MR) is 114 cm³/mol. The fourth-order valence-corrected chi connectivity index (χ4v) is 5.68. The zero-order chi connectivity index (χ0) is 20.9. The highest BCUT2D eigenvalue weighted by Gasteiger charge is 2.55. The number of sulfone groups is 1. The molecular formula is C21H25N5O3S. The van der Waals surface area contributed by atoms with E-state index in [1.165, 1.54) is 19.1 Å². The van der Waals surface area contributed by atoms with Crippen molar-refractivity contribution in [3.8, 4) is 0 Å². The fraction of sp³-hybridized carbons (Fsp3) is 0.476. The van der Waals surface area contributed by atoms with E-state index in [1.807, 2.05) is 6.20 Å². The Balaban J connectivity index is 1.47. The Bertz CT molecular complexity index is 1100. The zero-order valence-corrected chi connectivity index (χ0v) is 17.7. The van der Waals surface area contributed by atoms with E-state index in [1.54, 1.807) is 24.3 Å². The molecule has 1 spiro atoms. The van der Waals surface area contributed by atoms with Crippen LogP contribution in [0.2, 0.25) is 0 Å². The van der Waals surface area contributed by atoms with E-state index in [0.29, 0.717) is 30.6 Å². The largest absolute Gasteiger partial charge is 0.354 e. The van der Waals surface area contributed by atoms with E-state index in [4.69, 9.17) is 4.98 Å². The van der Waals surface area contributed by atoms with Gasteiger partial charge in [-0.2, -0.15) is 4.98 Å². The standard InChI is InChI=1S/C21H25N5O3S/c1-30(28,29)17-8-6-15(7-9-17)24-20-23-13-14-12-21(10-11-22-19(21)27)26(18(14)25-20)16-4-2-3-5-16/h6-9,13,16H,2-5,10-12H2,1H3,(H,22,27)(H,23,24,25). The van der Waals surface area contributed by atoms with Gasteiger partial charge in [0, 0.05) is 42.7 Å². The van der Waals surface area contributed by atoms with Gasteiger partial charge in [0.15, 0.2) is 9.84 Å². The molecule has 3 aliphatic rings. The molecule has 1 saturated carbocycles. The Morgan fingerprint density at radius 3 is 2.57 bits per heavy atom. The summed E-state index contributed by atoms with van der Waals surface area (Å²) in [7, 11) is -3.24. The molecule has 1 atom stereocenters. The van der Waals surface area contributed by atoms with Gasteiger partial charge in [0.1, 0.15) is 11.4 Å². The van der Waals surface area contributed by atoms with E-state index >= 15 is 0 Å². The van der Waals surface area contributed by atoms with Gasteiger partial charge in [-0.05, 0) is 43.5 Å². The first-order valence-corrected chi connectivity index (χ1v) is 12.3. The van der Waals surface area contributed by atoms with Gasteiger partial charge in [-0.15, -0.1) is 0 Å². The number of anilines is 3. The molecule has 30 heavy (non-hydrogen) atoms. The van der Waals surface area contributed by atoms with Crippen LogP contribution in [0.25, 0.3) is 0 Å². The van der Waals surface area contributed by atoms with Crippen molar-refractivity contribution < 1.29 is 13.2 Å². The van der Waals surface area contributed by atoms with E-state index in [2.05, 4.69) is 20.5 Å². The molecule has 8 nitrogen and oxygen atoms in total. The van der Waals surface area contributed by atoms with Gasteiger partial charge in [-0.1, -0.05) is 12.8 Å². The predicted octanol–water partition coefficient (Wildman–Crippen LogP) is 2.19. The first-order valence-electron chi connectivity index (χ1n) is 10.4. The maximum absolute atomic E-state index is 12.9. The van der Waals surface area contributed by atoms with E-state index in [9.17, 15) is 13.2 Å². The number of nitrogens with zero attached hydrogens (tertiary/aromatic N) is 3. The molecule has 2 aliphatic heterocycles. The van der Waals surface area contributed by atoms with Crippen LogP contribution in [-0.2, 0) is 21.1 Å². The Kier molecular flexibility index (Phi) is 4.46. The Morgan fingerprint density at radius 1 is 1.20 bits per heavy atom. The lowest BCUT2D eigenvalue weighted by atomic mass is 9.91. The van der Waals surface area contributed by atoms with Crippen LogP contribution in [-0.4, -0.2) is 48.7 Å². The Morgan fingerprint density at radius 2 is 1.93 bits per heavy atom. The van der Waals surface area contributed by atoms with E-state index < -0.39 is 15.4 Å². The molecule has 9 heteroatoms. The molecule has 1 amide bonds. The van der Waals surface area contributed by atoms with Crippen LogP contribution in [0.1, 0.15) is 37.7 Å². The highest BCUT2D eigenvalue weighted by molar-refractivity contribution is 7.90. The SMILES string of the molecule is CS(=O)(=O)c1ccc(Nc2ncc3c(n2)N(C2CCCC2)C2(CCNC2=O)C3)cc1. The van der Waals surface area contributed by atoms with Crippen molar-refractivity contribution in [3.63, 3.8) is 0 Å². The third-order valence-corrected chi connectivity index (χ3v) is 7.62. The van der Waals surface area contributed by atoms with E-state index in [-0.39, 0.29) is 10.8 Å². The summed E-state index contributed by atoms with van der Waals surface area (Å²) in [5, 5.41) is 6.19. The van der Waals surface area contributed by atoms with Crippen LogP contribution in [0.3, 0.4) is 0 Å². The van der Waals surface area contributed by atoms with Gasteiger partial charge < -0.3 is 15.5 Å². The second-order valence-electron chi connectivity index (χ2n) is 8.49. The molecule has 3 heterocycles. The van der Waals surface area contributed by atoms with Crippen LogP contribution in [0.5, 0.6) is 0 Å². The molecular weight excluding hydrogens is 402 g/mol. The van der Waals surface area contributed by atoms with Gasteiger partial charge in [0.2, 0.25) is 11.9 Å². The van der Waals surface area contributed by atoms with Gasteiger partial charge in [-0.25, -0.2) is 13.4 Å². The minimum absolute atomic E-state index is 0.0956. The fourth-order valence-electron chi connectivity index (χ4n) is 5.05. The Hall–Kier alpha value is -2.68. The highest BCUT2D eigenvalue weighted by Crippen LogP contribution is 2.46. The summed E-state index contributed by atoms with van der Waals surface area (Å²) in [5.41, 5.74) is 1.18. The second-order valence-corrected chi connectivity index (χ2v) is 10.5. The number of hydrogen-bond acceptors (Lipinski definition) is 7. The minimum atomic E-state index is -3.24. The third kappa shape index (κ3) is 3.12. The van der Waals surface area contributed by atoms with Gasteiger partial charge in [0.05, 0.1) is 4.90 Å². The molecule has 0 bridgehead atoms. The summed E-state index contributed by atoms with van der Waals surface area (Å²) in [4.78, 5) is 24.7. The molecule has 1 aromatic carbocycles. The van der Waals surface area contributed by atoms with Crippen molar-refractivity contribution in [2.75, 3.05) is 23.0 Å². The van der Waals surface area contributed by atoms with Crippen molar-refractivity contribution in [1.29, 1.82) is 0 Å². The van der Waals surface area contributed by atoms with E-state index in [0.717, 1.165) is 30.6 Å². The number of hydrogen-bond donors (Lipinski definition) is 2. The maximum Gasteiger partial charge on any atom is 0.246 e. The lowest BCUT2D eigenvalue weighted by Crippen LogP contribution is -2.56. The molecule has 0 radical (unpaired) electrons. The number of benzene rings is 1. The minimum Gasteiger partial charge on any atom is -0.354 e. The maximum atomic E-state index is 12.9. The van der Waals surface area contributed by atoms with Crippen LogP contribution in [0, 0.1) is 0 Å². The molecule has 5 rings (SSSR count). The van der Waals surface area contributed by atoms with Gasteiger partial charge >= 0.3 is 0 Å². The lowest BCUT2D eigenvalue weighted by Gasteiger charge is -2.38. The average Bonchev–Trinajstić information content (AvgIpc) is 3.41. The van der Waals surface area contributed by atoms with Crippen molar-refractivity contribution in [2.24, 2.45) is 0 Å². The molecule has 1 saturated heterocycles. The smallest absolute Gasteiger partial charge is 0.246 e.